The molecule has 0 N–H and O–H groups in total. The molecule has 2 aromatic heterocycles. The predicted octanol–water partition coefficient (Wildman–Crippen LogP) is 3.34. The molecule has 2 aromatic rings. The van der Waals surface area contributed by atoms with Crippen molar-refractivity contribution in [3.05, 3.63) is 52.5 Å². The number of aromatic nitrogens is 1. The number of pyridine rings is 1. The molecule has 2 aliphatic rings. The number of rotatable bonds is 6. The van der Waals surface area contributed by atoms with Crippen molar-refractivity contribution in [2.75, 3.05) is 19.8 Å². The summed E-state index contributed by atoms with van der Waals surface area (Å²) in [5, 5.41) is 4.42. The molecule has 1 saturated heterocycles. The number of hydrogen-bond acceptors (Lipinski definition) is 5. The predicted molar refractivity (Wildman–Crippen MR) is 94.9 cm³/mol. The molecule has 2 fully saturated rings. The second kappa shape index (κ2) is 7.74. The standard InChI is InChI=1S/C19H24N2O2S/c1-2-5-20-17(3-1)13-22-12-16-9-18-19(10-16)23-7-6-21(18)11-15-4-8-24-14-15/h1-5,8,14,16,18-19H,6-7,9-13H2. The fourth-order valence-corrected chi connectivity index (χ4v) is 4.55. The monoisotopic (exact) mass is 344 g/mol. The summed E-state index contributed by atoms with van der Waals surface area (Å²) in [6, 6.07) is 8.73. The Kier molecular flexibility index (Phi) is 5.23. The summed E-state index contributed by atoms with van der Waals surface area (Å²) in [6.07, 6.45) is 4.49. The molecule has 0 radical (unpaired) electrons. The van der Waals surface area contributed by atoms with Gasteiger partial charge in [-0.1, -0.05) is 6.07 Å². The number of ether oxygens (including phenoxy) is 2. The van der Waals surface area contributed by atoms with E-state index in [-0.39, 0.29) is 0 Å². The third-order valence-corrected chi connectivity index (χ3v) is 5.78. The van der Waals surface area contributed by atoms with Gasteiger partial charge in [-0.25, -0.2) is 0 Å². The van der Waals surface area contributed by atoms with E-state index < -0.39 is 0 Å². The first-order valence-corrected chi connectivity index (χ1v) is 9.67. The van der Waals surface area contributed by atoms with Gasteiger partial charge in [0.1, 0.15) is 0 Å². The van der Waals surface area contributed by atoms with Crippen molar-refractivity contribution < 1.29 is 9.47 Å². The lowest BCUT2D eigenvalue weighted by Crippen LogP contribution is -2.47. The average molecular weight is 344 g/mol. The normalized spacial score (nSPS) is 27.2. The zero-order valence-electron chi connectivity index (χ0n) is 13.8. The van der Waals surface area contributed by atoms with Crippen LogP contribution in [0.2, 0.25) is 0 Å². The summed E-state index contributed by atoms with van der Waals surface area (Å²) < 4.78 is 12.0. The molecule has 3 atom stereocenters. The Labute approximate surface area is 147 Å². The summed E-state index contributed by atoms with van der Waals surface area (Å²) >= 11 is 1.78. The Morgan fingerprint density at radius 2 is 2.29 bits per heavy atom. The minimum atomic E-state index is 0.376. The maximum atomic E-state index is 6.04. The molecular weight excluding hydrogens is 320 g/mol. The molecule has 0 spiro atoms. The number of nitrogens with zero attached hydrogens (tertiary/aromatic N) is 2. The summed E-state index contributed by atoms with van der Waals surface area (Å²) in [5.74, 6) is 0.590. The molecule has 1 aliphatic heterocycles. The zero-order chi connectivity index (χ0) is 16.2. The van der Waals surface area contributed by atoms with Gasteiger partial charge in [-0.3, -0.25) is 9.88 Å². The van der Waals surface area contributed by atoms with Crippen LogP contribution in [0.15, 0.2) is 41.2 Å². The third kappa shape index (κ3) is 3.86. The molecule has 5 heteroatoms. The number of hydrogen-bond donors (Lipinski definition) is 0. The van der Waals surface area contributed by atoms with Crippen molar-refractivity contribution in [3.8, 4) is 0 Å². The maximum Gasteiger partial charge on any atom is 0.0887 e. The molecule has 3 unspecified atom stereocenters. The number of morpholine rings is 1. The van der Waals surface area contributed by atoms with Crippen molar-refractivity contribution in [1.29, 1.82) is 0 Å². The van der Waals surface area contributed by atoms with Gasteiger partial charge in [-0.2, -0.15) is 11.3 Å². The second-order valence-corrected chi connectivity index (χ2v) is 7.53. The van der Waals surface area contributed by atoms with Gasteiger partial charge in [0.25, 0.3) is 0 Å². The molecule has 128 valence electrons. The lowest BCUT2D eigenvalue weighted by molar-refractivity contribution is -0.0591. The Balaban J connectivity index is 1.29. The van der Waals surface area contributed by atoms with Crippen LogP contribution in [0.5, 0.6) is 0 Å². The summed E-state index contributed by atoms with van der Waals surface area (Å²) in [5.41, 5.74) is 2.43. The van der Waals surface area contributed by atoms with Gasteiger partial charge >= 0.3 is 0 Å². The highest BCUT2D eigenvalue weighted by molar-refractivity contribution is 7.07. The van der Waals surface area contributed by atoms with E-state index in [1.165, 1.54) is 12.0 Å². The van der Waals surface area contributed by atoms with E-state index in [0.717, 1.165) is 38.4 Å². The Bertz CT molecular complexity index is 620. The topological polar surface area (TPSA) is 34.6 Å². The second-order valence-electron chi connectivity index (χ2n) is 6.75. The first-order chi connectivity index (χ1) is 11.9. The minimum absolute atomic E-state index is 0.376. The summed E-state index contributed by atoms with van der Waals surface area (Å²) in [6.45, 7) is 4.35. The van der Waals surface area contributed by atoms with E-state index >= 15 is 0 Å². The van der Waals surface area contributed by atoms with Crippen LogP contribution in [-0.2, 0) is 22.6 Å². The highest BCUT2D eigenvalue weighted by Crippen LogP contribution is 2.35. The molecule has 0 aromatic carbocycles. The fraction of sp³-hybridized carbons (Fsp3) is 0.526. The van der Waals surface area contributed by atoms with Gasteiger partial charge in [0, 0.05) is 25.3 Å². The summed E-state index contributed by atoms with van der Waals surface area (Å²) in [4.78, 5) is 6.92. The SMILES string of the molecule is c1ccc(COCC2CC3OCCN(Cc4ccsc4)C3C2)nc1. The molecular formula is C19H24N2O2S. The molecule has 3 heterocycles. The molecule has 1 saturated carbocycles. The van der Waals surface area contributed by atoms with E-state index in [2.05, 4.69) is 26.7 Å². The van der Waals surface area contributed by atoms with Crippen molar-refractivity contribution in [2.24, 2.45) is 5.92 Å². The average Bonchev–Trinajstić information content (AvgIpc) is 3.26. The molecule has 0 amide bonds. The van der Waals surface area contributed by atoms with Crippen LogP contribution in [0.1, 0.15) is 24.1 Å². The van der Waals surface area contributed by atoms with E-state index in [0.29, 0.717) is 24.7 Å². The lowest BCUT2D eigenvalue weighted by Gasteiger charge is -2.37. The van der Waals surface area contributed by atoms with Crippen LogP contribution in [0, 0.1) is 5.92 Å². The Morgan fingerprint density at radius 3 is 3.12 bits per heavy atom. The maximum absolute atomic E-state index is 6.04. The van der Waals surface area contributed by atoms with Crippen molar-refractivity contribution in [2.45, 2.75) is 38.1 Å². The third-order valence-electron chi connectivity index (χ3n) is 5.04. The first-order valence-electron chi connectivity index (χ1n) is 8.73. The summed E-state index contributed by atoms with van der Waals surface area (Å²) in [7, 11) is 0. The van der Waals surface area contributed by atoms with Crippen LogP contribution in [0.3, 0.4) is 0 Å². The smallest absolute Gasteiger partial charge is 0.0887 e. The molecule has 24 heavy (non-hydrogen) atoms. The van der Waals surface area contributed by atoms with E-state index in [1.807, 2.05) is 24.4 Å². The molecule has 4 rings (SSSR count). The van der Waals surface area contributed by atoms with Gasteiger partial charge in [0.2, 0.25) is 0 Å². The number of thiophene rings is 1. The number of fused-ring (bicyclic) bond motifs is 1. The van der Waals surface area contributed by atoms with Crippen molar-refractivity contribution >= 4 is 11.3 Å². The molecule has 4 nitrogen and oxygen atoms in total. The highest BCUT2D eigenvalue weighted by Gasteiger charge is 2.40. The van der Waals surface area contributed by atoms with Crippen molar-refractivity contribution in [1.82, 2.24) is 9.88 Å². The Morgan fingerprint density at radius 1 is 1.29 bits per heavy atom. The van der Waals surface area contributed by atoms with Gasteiger partial charge in [0.05, 0.1) is 31.6 Å². The van der Waals surface area contributed by atoms with Gasteiger partial charge in [0.15, 0.2) is 0 Å². The largest absolute Gasteiger partial charge is 0.375 e. The van der Waals surface area contributed by atoms with Crippen molar-refractivity contribution in [3.63, 3.8) is 0 Å². The van der Waals surface area contributed by atoms with Crippen LogP contribution in [-0.4, -0.2) is 41.8 Å². The van der Waals surface area contributed by atoms with E-state index in [9.17, 15) is 0 Å². The van der Waals surface area contributed by atoms with Gasteiger partial charge in [-0.15, -0.1) is 0 Å². The zero-order valence-corrected chi connectivity index (χ0v) is 14.7. The van der Waals surface area contributed by atoms with E-state index in [4.69, 9.17) is 9.47 Å². The van der Waals surface area contributed by atoms with Crippen LogP contribution in [0.4, 0.5) is 0 Å². The fourth-order valence-electron chi connectivity index (χ4n) is 3.89. The molecule has 1 aliphatic carbocycles. The minimum Gasteiger partial charge on any atom is -0.375 e. The van der Waals surface area contributed by atoms with Crippen LogP contribution in [0.25, 0.3) is 0 Å². The van der Waals surface area contributed by atoms with Crippen LogP contribution >= 0.6 is 11.3 Å². The Hall–Kier alpha value is -1.27. The van der Waals surface area contributed by atoms with E-state index in [1.54, 1.807) is 11.3 Å². The first kappa shape index (κ1) is 16.2. The lowest BCUT2D eigenvalue weighted by atomic mass is 10.1. The van der Waals surface area contributed by atoms with Gasteiger partial charge < -0.3 is 9.47 Å². The van der Waals surface area contributed by atoms with Gasteiger partial charge in [-0.05, 0) is 53.3 Å². The quantitative estimate of drug-likeness (QED) is 0.805. The highest BCUT2D eigenvalue weighted by atomic mass is 32.1. The van der Waals surface area contributed by atoms with Crippen LogP contribution < -0.4 is 0 Å². The molecule has 0 bridgehead atoms.